The van der Waals surface area contributed by atoms with Gasteiger partial charge in [-0.2, -0.15) is 9.29 Å². The van der Waals surface area contributed by atoms with Crippen LogP contribution in [0.4, 0.5) is 5.13 Å². The first-order valence-electron chi connectivity index (χ1n) is 9.09. The molecule has 0 aliphatic carbocycles. The molecular weight excluding hydrogens is 434 g/mol. The van der Waals surface area contributed by atoms with Crippen LogP contribution in [-0.2, 0) is 21.2 Å². The molecular formula is C17H19N5O4S3. The smallest absolute Gasteiger partial charge is 0.252 e. The molecule has 0 unspecified atom stereocenters. The maximum Gasteiger partial charge on any atom is 0.252 e. The summed E-state index contributed by atoms with van der Waals surface area (Å²) < 4.78 is 32.9. The quantitative estimate of drug-likeness (QED) is 0.609. The van der Waals surface area contributed by atoms with E-state index >= 15 is 0 Å². The highest BCUT2D eigenvalue weighted by atomic mass is 32.2. The maximum absolute atomic E-state index is 13.1. The third kappa shape index (κ3) is 4.25. The van der Waals surface area contributed by atoms with Crippen molar-refractivity contribution in [3.05, 3.63) is 28.9 Å². The number of piperidine rings is 1. The molecule has 9 nitrogen and oxygen atoms in total. The number of amides is 1. The lowest BCUT2D eigenvalue weighted by Gasteiger charge is -2.30. The number of anilines is 1. The normalized spacial score (nSPS) is 18.0. The molecule has 4 heterocycles. The first kappa shape index (κ1) is 20.1. The van der Waals surface area contributed by atoms with E-state index in [0.29, 0.717) is 48.2 Å². The fourth-order valence-electron chi connectivity index (χ4n) is 3.08. The molecule has 1 atom stereocenters. The van der Waals surface area contributed by atoms with Crippen LogP contribution in [0.2, 0.25) is 0 Å². The molecule has 12 heteroatoms. The van der Waals surface area contributed by atoms with Gasteiger partial charge in [0.1, 0.15) is 4.21 Å². The molecule has 29 heavy (non-hydrogen) atoms. The van der Waals surface area contributed by atoms with Crippen molar-refractivity contribution in [2.75, 3.05) is 18.4 Å². The van der Waals surface area contributed by atoms with Crippen LogP contribution >= 0.6 is 22.7 Å². The van der Waals surface area contributed by atoms with Gasteiger partial charge in [0, 0.05) is 42.0 Å². The summed E-state index contributed by atoms with van der Waals surface area (Å²) in [6.07, 6.45) is 3.49. The second-order valence-corrected chi connectivity index (χ2v) is 10.5. The summed E-state index contributed by atoms with van der Waals surface area (Å²) in [6, 6.07) is 1.56. The van der Waals surface area contributed by atoms with Gasteiger partial charge in [-0.15, -0.1) is 22.7 Å². The van der Waals surface area contributed by atoms with E-state index < -0.39 is 15.9 Å². The zero-order chi connectivity index (χ0) is 20.4. The number of thiophene rings is 1. The molecule has 3 aromatic rings. The van der Waals surface area contributed by atoms with Crippen LogP contribution in [0.1, 0.15) is 25.7 Å². The van der Waals surface area contributed by atoms with Crippen LogP contribution in [0, 0.1) is 5.92 Å². The van der Waals surface area contributed by atoms with Gasteiger partial charge in [-0.25, -0.2) is 13.4 Å². The standard InChI is InChI=1S/C17H19N5O4S3/c1-2-13-19-15(21-26-13)12-8-14(28-10-12)29(24,25)22-6-3-4-11(9-22)16(23)20-17-18-5-7-27-17/h5,7-8,10-11H,2-4,6,9H2,1H3,(H,18,20,23)/t11-/m1/s1. The highest BCUT2D eigenvalue weighted by Crippen LogP contribution is 2.31. The van der Waals surface area contributed by atoms with Crippen molar-refractivity contribution in [1.29, 1.82) is 0 Å². The number of aromatic nitrogens is 3. The highest BCUT2D eigenvalue weighted by molar-refractivity contribution is 7.91. The number of carbonyl (C=O) groups is 1. The van der Waals surface area contributed by atoms with Crippen LogP contribution in [0.15, 0.2) is 31.8 Å². The third-order valence-corrected chi connectivity index (χ3v) is 8.58. The third-order valence-electron chi connectivity index (χ3n) is 4.62. The number of rotatable bonds is 6. The average molecular weight is 454 g/mol. The number of sulfonamides is 1. The maximum atomic E-state index is 13.1. The Labute approximate surface area is 175 Å². The average Bonchev–Trinajstić information content (AvgIpc) is 3.48. The van der Waals surface area contributed by atoms with Crippen molar-refractivity contribution in [2.45, 2.75) is 30.4 Å². The zero-order valence-electron chi connectivity index (χ0n) is 15.6. The Hall–Kier alpha value is -2.15. The number of aryl methyl sites for hydroxylation is 1. The molecule has 3 aromatic heterocycles. The SMILES string of the molecule is CCc1nc(-c2csc(S(=O)(=O)N3CCC[C@@H](C(=O)Nc4nccs4)C3)c2)no1. The van der Waals surface area contributed by atoms with E-state index in [1.165, 1.54) is 15.6 Å². The van der Waals surface area contributed by atoms with Gasteiger partial charge < -0.3 is 9.84 Å². The Balaban J connectivity index is 1.48. The summed E-state index contributed by atoms with van der Waals surface area (Å²) in [5, 5.41) is 10.6. The van der Waals surface area contributed by atoms with E-state index in [0.717, 1.165) is 11.3 Å². The number of thiazole rings is 1. The first-order valence-corrected chi connectivity index (χ1v) is 12.3. The lowest BCUT2D eigenvalue weighted by molar-refractivity contribution is -0.120. The van der Waals surface area contributed by atoms with E-state index in [-0.39, 0.29) is 16.7 Å². The second kappa shape index (κ2) is 8.30. The Morgan fingerprint density at radius 3 is 3.00 bits per heavy atom. The van der Waals surface area contributed by atoms with Gasteiger partial charge in [-0.1, -0.05) is 12.1 Å². The molecule has 1 aliphatic heterocycles. The Bertz CT molecular complexity index is 1090. The van der Waals surface area contributed by atoms with Crippen molar-refractivity contribution in [2.24, 2.45) is 5.92 Å². The highest BCUT2D eigenvalue weighted by Gasteiger charge is 2.34. The number of nitrogens with one attached hydrogen (secondary N) is 1. The fraction of sp³-hybridized carbons (Fsp3) is 0.412. The molecule has 1 aliphatic rings. The summed E-state index contributed by atoms with van der Waals surface area (Å²) in [5.74, 6) is 0.261. The van der Waals surface area contributed by atoms with Gasteiger partial charge in [0.2, 0.25) is 17.6 Å². The van der Waals surface area contributed by atoms with E-state index in [4.69, 9.17) is 4.52 Å². The molecule has 1 saturated heterocycles. The van der Waals surface area contributed by atoms with Gasteiger partial charge in [0.05, 0.1) is 5.92 Å². The minimum atomic E-state index is -3.70. The fourth-order valence-corrected chi connectivity index (χ4v) is 6.45. The number of nitrogens with zero attached hydrogens (tertiary/aromatic N) is 4. The van der Waals surface area contributed by atoms with Crippen molar-refractivity contribution < 1.29 is 17.7 Å². The minimum absolute atomic E-state index is 0.148. The van der Waals surface area contributed by atoms with Crippen molar-refractivity contribution in [3.8, 4) is 11.4 Å². The van der Waals surface area contributed by atoms with Gasteiger partial charge in [0.15, 0.2) is 5.13 Å². The van der Waals surface area contributed by atoms with Gasteiger partial charge in [-0.05, 0) is 18.9 Å². The minimum Gasteiger partial charge on any atom is -0.339 e. The Morgan fingerprint density at radius 1 is 1.41 bits per heavy atom. The van der Waals surface area contributed by atoms with Crippen LogP contribution < -0.4 is 5.32 Å². The summed E-state index contributed by atoms with van der Waals surface area (Å²) in [4.78, 5) is 20.8. The predicted molar refractivity (Wildman–Crippen MR) is 109 cm³/mol. The summed E-state index contributed by atoms with van der Waals surface area (Å²) in [6.45, 7) is 2.44. The number of hydrogen-bond acceptors (Lipinski definition) is 9. The van der Waals surface area contributed by atoms with E-state index in [1.807, 2.05) is 6.92 Å². The Kier molecular flexibility index (Phi) is 5.76. The lowest BCUT2D eigenvalue weighted by atomic mass is 9.99. The molecule has 1 fully saturated rings. The monoisotopic (exact) mass is 453 g/mol. The molecule has 0 spiro atoms. The number of hydrogen-bond donors (Lipinski definition) is 1. The first-order chi connectivity index (χ1) is 14.0. The number of carbonyl (C=O) groups excluding carboxylic acids is 1. The van der Waals surface area contributed by atoms with Crippen LogP contribution in [0.5, 0.6) is 0 Å². The van der Waals surface area contributed by atoms with E-state index in [9.17, 15) is 13.2 Å². The molecule has 0 aromatic carbocycles. The molecule has 1 N–H and O–H groups in total. The van der Waals surface area contributed by atoms with Gasteiger partial charge in [0.25, 0.3) is 10.0 Å². The second-order valence-electron chi connectivity index (χ2n) is 6.55. The van der Waals surface area contributed by atoms with Gasteiger partial charge in [-0.3, -0.25) is 4.79 Å². The summed E-state index contributed by atoms with van der Waals surface area (Å²) in [5.41, 5.74) is 0.604. The lowest BCUT2D eigenvalue weighted by Crippen LogP contribution is -2.43. The van der Waals surface area contributed by atoms with Crippen LogP contribution in [-0.4, -0.2) is 46.8 Å². The van der Waals surface area contributed by atoms with Crippen molar-refractivity contribution >= 4 is 43.7 Å². The largest absolute Gasteiger partial charge is 0.339 e. The van der Waals surface area contributed by atoms with Crippen molar-refractivity contribution in [1.82, 2.24) is 19.4 Å². The molecule has 0 saturated carbocycles. The zero-order valence-corrected chi connectivity index (χ0v) is 18.0. The van der Waals surface area contributed by atoms with E-state index in [2.05, 4.69) is 20.4 Å². The van der Waals surface area contributed by atoms with Gasteiger partial charge >= 0.3 is 0 Å². The topological polar surface area (TPSA) is 118 Å². The predicted octanol–water partition coefficient (Wildman–Crippen LogP) is 2.86. The molecule has 0 radical (unpaired) electrons. The summed E-state index contributed by atoms with van der Waals surface area (Å²) >= 11 is 2.44. The summed E-state index contributed by atoms with van der Waals surface area (Å²) in [7, 11) is -3.70. The molecule has 0 bridgehead atoms. The van der Waals surface area contributed by atoms with Crippen LogP contribution in [0.3, 0.4) is 0 Å². The molecule has 154 valence electrons. The van der Waals surface area contributed by atoms with E-state index in [1.54, 1.807) is 23.0 Å². The van der Waals surface area contributed by atoms with Crippen molar-refractivity contribution in [3.63, 3.8) is 0 Å². The molecule has 1 amide bonds. The molecule has 4 rings (SSSR count). The van der Waals surface area contributed by atoms with Crippen LogP contribution in [0.25, 0.3) is 11.4 Å². The Morgan fingerprint density at radius 2 is 2.28 bits per heavy atom.